The predicted octanol–water partition coefficient (Wildman–Crippen LogP) is 4.88. The number of halogens is 1. The predicted molar refractivity (Wildman–Crippen MR) is 120 cm³/mol. The fourth-order valence-electron chi connectivity index (χ4n) is 6.33. The van der Waals surface area contributed by atoms with Crippen molar-refractivity contribution in [2.75, 3.05) is 18.4 Å². The van der Waals surface area contributed by atoms with Gasteiger partial charge in [0.05, 0.1) is 12.0 Å². The highest BCUT2D eigenvalue weighted by Crippen LogP contribution is 2.52. The number of hydrogen-bond donors (Lipinski definition) is 1. The van der Waals surface area contributed by atoms with E-state index in [1.165, 1.54) is 51.3 Å². The molecular formula is C25H33FN4O. The molecule has 6 heteroatoms. The van der Waals surface area contributed by atoms with Gasteiger partial charge in [-0.2, -0.15) is 0 Å². The smallest absolute Gasteiger partial charge is 0.274 e. The molecule has 2 atom stereocenters. The molecule has 3 fully saturated rings. The van der Waals surface area contributed by atoms with E-state index in [0.29, 0.717) is 22.9 Å². The summed E-state index contributed by atoms with van der Waals surface area (Å²) < 4.78 is 15.4. The first-order valence-corrected chi connectivity index (χ1v) is 11.8. The lowest BCUT2D eigenvalue weighted by Gasteiger charge is -2.33. The van der Waals surface area contributed by atoms with Gasteiger partial charge >= 0.3 is 0 Å². The lowest BCUT2D eigenvalue weighted by Crippen LogP contribution is -2.38. The molecule has 2 unspecified atom stereocenters. The number of nitrogens with zero attached hydrogens (tertiary/aromatic N) is 3. The Kier molecular flexibility index (Phi) is 5.59. The van der Waals surface area contributed by atoms with E-state index in [9.17, 15) is 9.18 Å². The summed E-state index contributed by atoms with van der Waals surface area (Å²) in [6.07, 6.45) is 10.8. The molecule has 1 aromatic heterocycles. The summed E-state index contributed by atoms with van der Waals surface area (Å²) in [5.41, 5.74) is 2.71. The Labute approximate surface area is 184 Å². The number of imidazole rings is 1. The number of hydrogen-bond acceptors (Lipinski definition) is 3. The third-order valence-electron chi connectivity index (χ3n) is 7.88. The Morgan fingerprint density at radius 3 is 2.48 bits per heavy atom. The first-order valence-electron chi connectivity index (χ1n) is 11.8. The molecule has 166 valence electrons. The molecule has 1 aliphatic heterocycles. The minimum absolute atomic E-state index is 0.163. The van der Waals surface area contributed by atoms with Gasteiger partial charge in [-0.25, -0.2) is 9.37 Å². The third kappa shape index (κ3) is 4.02. The normalized spacial score (nSPS) is 28.6. The van der Waals surface area contributed by atoms with Crippen LogP contribution in [0.5, 0.6) is 0 Å². The Hall–Kier alpha value is -2.21. The second-order valence-electron chi connectivity index (χ2n) is 9.92. The van der Waals surface area contributed by atoms with E-state index in [1.54, 1.807) is 25.4 Å². The van der Waals surface area contributed by atoms with Gasteiger partial charge in [-0.15, -0.1) is 0 Å². The molecule has 2 heterocycles. The second-order valence-corrected chi connectivity index (χ2v) is 9.92. The zero-order chi connectivity index (χ0) is 21.5. The number of anilines is 1. The van der Waals surface area contributed by atoms with Gasteiger partial charge in [0.1, 0.15) is 11.5 Å². The van der Waals surface area contributed by atoms with Crippen LogP contribution >= 0.6 is 0 Å². The molecule has 0 bridgehead atoms. The number of aryl methyl sites for hydroxylation is 2. The molecule has 1 amide bonds. The van der Waals surface area contributed by atoms with Crippen molar-refractivity contribution in [2.24, 2.45) is 18.9 Å². The standard InChI is InChI=1S/C25H33FN4O/c1-16-10-20(6-7-22(16)26)28-25(31)24-23(27-15-29(24)2)19-11-17-13-21(14-18(17)12-19)30-8-4-3-5-9-30/h6-7,10,15,17-19,21H,3-5,8-9,11-14H2,1-2H3,(H,28,31). The average molecular weight is 425 g/mol. The molecule has 3 aliphatic rings. The number of carbonyl (C=O) groups excluding carboxylic acids is 1. The Balaban J connectivity index is 1.27. The second kappa shape index (κ2) is 8.38. The highest BCUT2D eigenvalue weighted by atomic mass is 19.1. The van der Waals surface area contributed by atoms with E-state index >= 15 is 0 Å². The number of carbonyl (C=O) groups is 1. The minimum Gasteiger partial charge on any atom is -0.329 e. The molecule has 0 spiro atoms. The fourth-order valence-corrected chi connectivity index (χ4v) is 6.33. The molecule has 5 nitrogen and oxygen atoms in total. The van der Waals surface area contributed by atoms with E-state index in [2.05, 4.69) is 15.2 Å². The van der Waals surface area contributed by atoms with E-state index in [0.717, 1.165) is 36.4 Å². The summed E-state index contributed by atoms with van der Waals surface area (Å²) >= 11 is 0. The zero-order valence-electron chi connectivity index (χ0n) is 18.6. The number of likely N-dealkylation sites (tertiary alicyclic amines) is 1. The van der Waals surface area contributed by atoms with Crippen LogP contribution in [0, 0.1) is 24.6 Å². The van der Waals surface area contributed by atoms with Crippen molar-refractivity contribution in [3.8, 4) is 0 Å². The number of amides is 1. The minimum atomic E-state index is -0.264. The number of fused-ring (bicyclic) bond motifs is 1. The molecule has 2 saturated carbocycles. The van der Waals surface area contributed by atoms with Crippen LogP contribution in [0.2, 0.25) is 0 Å². The molecule has 0 radical (unpaired) electrons. The molecule has 1 N–H and O–H groups in total. The molecule has 31 heavy (non-hydrogen) atoms. The summed E-state index contributed by atoms with van der Waals surface area (Å²) in [4.78, 5) is 20.5. The maximum absolute atomic E-state index is 13.6. The van der Waals surface area contributed by atoms with E-state index in [1.807, 2.05) is 11.6 Å². The number of aromatic nitrogens is 2. The van der Waals surface area contributed by atoms with E-state index in [4.69, 9.17) is 0 Å². The fraction of sp³-hybridized carbons (Fsp3) is 0.600. The van der Waals surface area contributed by atoms with Crippen molar-refractivity contribution in [1.82, 2.24) is 14.5 Å². The van der Waals surface area contributed by atoms with Gasteiger partial charge in [0.2, 0.25) is 0 Å². The first kappa shape index (κ1) is 20.7. The van der Waals surface area contributed by atoms with Gasteiger partial charge in [0.25, 0.3) is 5.91 Å². The maximum Gasteiger partial charge on any atom is 0.274 e. The molecule has 2 aliphatic carbocycles. The van der Waals surface area contributed by atoms with Crippen LogP contribution in [0.25, 0.3) is 0 Å². The number of nitrogens with one attached hydrogen (secondary N) is 1. The van der Waals surface area contributed by atoms with Crippen molar-refractivity contribution in [3.63, 3.8) is 0 Å². The number of rotatable bonds is 4. The zero-order valence-corrected chi connectivity index (χ0v) is 18.6. The highest BCUT2D eigenvalue weighted by molar-refractivity contribution is 6.04. The Morgan fingerprint density at radius 2 is 1.81 bits per heavy atom. The molecule has 2 aromatic rings. The Morgan fingerprint density at radius 1 is 1.10 bits per heavy atom. The molecule has 5 rings (SSSR count). The van der Waals surface area contributed by atoms with Crippen molar-refractivity contribution < 1.29 is 9.18 Å². The van der Waals surface area contributed by atoms with Crippen molar-refractivity contribution in [3.05, 3.63) is 47.3 Å². The van der Waals surface area contributed by atoms with Crippen LogP contribution in [0.1, 0.15) is 72.6 Å². The largest absolute Gasteiger partial charge is 0.329 e. The van der Waals surface area contributed by atoms with Crippen LogP contribution in [-0.2, 0) is 7.05 Å². The quantitative estimate of drug-likeness (QED) is 0.761. The van der Waals surface area contributed by atoms with Crippen LogP contribution in [0.4, 0.5) is 10.1 Å². The Bertz CT molecular complexity index is 950. The monoisotopic (exact) mass is 424 g/mol. The summed E-state index contributed by atoms with van der Waals surface area (Å²) in [6.45, 7) is 4.26. The van der Waals surface area contributed by atoms with Gasteiger partial charge in [-0.1, -0.05) is 6.42 Å². The SMILES string of the molecule is Cc1cc(NC(=O)c2c(C3CC4CC(N5CCCCC5)CC4C3)ncn2C)ccc1F. The third-order valence-corrected chi connectivity index (χ3v) is 7.88. The van der Waals surface area contributed by atoms with Gasteiger partial charge in [0.15, 0.2) is 0 Å². The van der Waals surface area contributed by atoms with Gasteiger partial charge in [0, 0.05) is 24.7 Å². The van der Waals surface area contributed by atoms with Crippen LogP contribution in [0.15, 0.2) is 24.5 Å². The van der Waals surface area contributed by atoms with Crippen LogP contribution < -0.4 is 5.32 Å². The highest BCUT2D eigenvalue weighted by Gasteiger charge is 2.45. The van der Waals surface area contributed by atoms with E-state index < -0.39 is 0 Å². The molecular weight excluding hydrogens is 391 g/mol. The van der Waals surface area contributed by atoms with Gasteiger partial charge in [-0.05, 0) is 94.1 Å². The average Bonchev–Trinajstić information content (AvgIpc) is 3.44. The lowest BCUT2D eigenvalue weighted by atomic mass is 9.96. The van der Waals surface area contributed by atoms with Crippen molar-refractivity contribution >= 4 is 11.6 Å². The number of benzene rings is 1. The first-order chi connectivity index (χ1) is 15.0. The van der Waals surface area contributed by atoms with Gasteiger partial charge < -0.3 is 14.8 Å². The summed E-state index contributed by atoms with van der Waals surface area (Å²) in [5, 5.41) is 2.94. The number of piperidine rings is 1. The van der Waals surface area contributed by atoms with E-state index in [-0.39, 0.29) is 11.7 Å². The van der Waals surface area contributed by atoms with Gasteiger partial charge in [-0.3, -0.25) is 4.79 Å². The molecule has 1 saturated heterocycles. The summed E-state index contributed by atoms with van der Waals surface area (Å²) in [7, 11) is 1.88. The van der Waals surface area contributed by atoms with Crippen molar-refractivity contribution in [2.45, 2.75) is 63.8 Å². The van der Waals surface area contributed by atoms with Crippen LogP contribution in [0.3, 0.4) is 0 Å². The molecule has 1 aromatic carbocycles. The maximum atomic E-state index is 13.6. The lowest BCUT2D eigenvalue weighted by molar-refractivity contribution is 0.101. The topological polar surface area (TPSA) is 50.2 Å². The summed E-state index contributed by atoms with van der Waals surface area (Å²) in [5.74, 6) is 1.45. The summed E-state index contributed by atoms with van der Waals surface area (Å²) in [6, 6.07) is 5.44. The van der Waals surface area contributed by atoms with Crippen LogP contribution in [-0.4, -0.2) is 39.5 Å². The van der Waals surface area contributed by atoms with Crippen molar-refractivity contribution in [1.29, 1.82) is 0 Å².